The Morgan fingerprint density at radius 1 is 1.22 bits per heavy atom. The molecule has 1 aromatic rings. The zero-order chi connectivity index (χ0) is 16.3. The third-order valence-corrected chi connectivity index (χ3v) is 5.49. The van der Waals surface area contributed by atoms with E-state index in [2.05, 4.69) is 6.07 Å². The quantitative estimate of drug-likeness (QED) is 0.933. The van der Waals surface area contributed by atoms with Crippen molar-refractivity contribution in [3.63, 3.8) is 0 Å². The van der Waals surface area contributed by atoms with Crippen molar-refractivity contribution in [1.82, 2.24) is 4.90 Å². The summed E-state index contributed by atoms with van der Waals surface area (Å²) in [7, 11) is 0. The summed E-state index contributed by atoms with van der Waals surface area (Å²) in [4.78, 5) is 14.6. The number of nitrogens with zero attached hydrogens (tertiary/aromatic N) is 2. The number of benzene rings is 1. The maximum atomic E-state index is 12.7. The first-order chi connectivity index (χ1) is 11.2. The maximum absolute atomic E-state index is 12.7. The molecule has 1 atom stereocenters. The van der Waals surface area contributed by atoms with E-state index >= 15 is 0 Å². The molecule has 3 rings (SSSR count). The lowest BCUT2D eigenvalue weighted by atomic mass is 9.83. The molecule has 4 heteroatoms. The van der Waals surface area contributed by atoms with E-state index in [1.165, 1.54) is 0 Å². The summed E-state index contributed by atoms with van der Waals surface area (Å²) in [5.74, 6) is 0.202. The van der Waals surface area contributed by atoms with Crippen LogP contribution >= 0.6 is 0 Å². The average Bonchev–Trinajstić information content (AvgIpc) is 3.12. The van der Waals surface area contributed by atoms with Crippen molar-refractivity contribution in [1.29, 1.82) is 5.26 Å². The van der Waals surface area contributed by atoms with Gasteiger partial charge >= 0.3 is 0 Å². The van der Waals surface area contributed by atoms with Crippen LogP contribution in [0.2, 0.25) is 0 Å². The molecule has 1 heterocycles. The standard InChI is InChI=1S/C19H24N2O2/c20-14-19(10-4-5-11-19)18(23)21-12-8-16(9-13-21)17(22)15-6-2-1-3-7-15/h1-3,6-7,16-17,22H,4-5,8-13H2. The highest BCUT2D eigenvalue weighted by Gasteiger charge is 2.44. The second kappa shape index (κ2) is 6.72. The highest BCUT2D eigenvalue weighted by molar-refractivity contribution is 5.85. The number of carbonyl (C=O) groups excluding carboxylic acids is 1. The Bertz CT molecular complexity index is 579. The van der Waals surface area contributed by atoms with Gasteiger partial charge in [-0.15, -0.1) is 0 Å². The van der Waals surface area contributed by atoms with Gasteiger partial charge in [-0.2, -0.15) is 5.26 Å². The number of aliphatic hydroxyl groups is 1. The van der Waals surface area contributed by atoms with Crippen molar-refractivity contribution in [2.45, 2.75) is 44.6 Å². The van der Waals surface area contributed by atoms with Crippen molar-refractivity contribution in [3.8, 4) is 6.07 Å². The van der Waals surface area contributed by atoms with Crippen molar-refractivity contribution in [2.75, 3.05) is 13.1 Å². The fourth-order valence-corrected chi connectivity index (χ4v) is 4.00. The van der Waals surface area contributed by atoms with Crippen LogP contribution in [0.15, 0.2) is 30.3 Å². The van der Waals surface area contributed by atoms with Gasteiger partial charge in [0.1, 0.15) is 5.41 Å². The summed E-state index contributed by atoms with van der Waals surface area (Å²) in [6, 6.07) is 12.0. The largest absolute Gasteiger partial charge is 0.388 e. The molecule has 0 bridgehead atoms. The summed E-state index contributed by atoms with van der Waals surface area (Å²) in [6.07, 6.45) is 4.48. The van der Waals surface area contributed by atoms with Crippen molar-refractivity contribution in [3.05, 3.63) is 35.9 Å². The van der Waals surface area contributed by atoms with E-state index in [1.807, 2.05) is 35.2 Å². The van der Waals surface area contributed by atoms with Crippen molar-refractivity contribution < 1.29 is 9.90 Å². The zero-order valence-electron chi connectivity index (χ0n) is 13.4. The van der Waals surface area contributed by atoms with Crippen LogP contribution in [0.4, 0.5) is 0 Å². The molecule has 23 heavy (non-hydrogen) atoms. The fraction of sp³-hybridized carbons (Fsp3) is 0.579. The highest BCUT2D eigenvalue weighted by Crippen LogP contribution is 2.40. The van der Waals surface area contributed by atoms with Crippen LogP contribution in [0.3, 0.4) is 0 Å². The average molecular weight is 312 g/mol. The van der Waals surface area contributed by atoms with E-state index < -0.39 is 11.5 Å². The predicted octanol–water partition coefficient (Wildman–Crippen LogP) is 3.04. The van der Waals surface area contributed by atoms with Crippen LogP contribution in [0.5, 0.6) is 0 Å². The number of hydrogen-bond donors (Lipinski definition) is 1. The van der Waals surface area contributed by atoms with Crippen molar-refractivity contribution in [2.24, 2.45) is 11.3 Å². The third kappa shape index (κ3) is 3.11. The van der Waals surface area contributed by atoms with Gasteiger partial charge in [-0.3, -0.25) is 4.79 Å². The van der Waals surface area contributed by atoms with Crippen LogP contribution in [0.25, 0.3) is 0 Å². The second-order valence-corrected chi connectivity index (χ2v) is 6.89. The molecule has 0 spiro atoms. The Kier molecular flexibility index (Phi) is 4.68. The molecular weight excluding hydrogens is 288 g/mol. The Labute approximate surface area is 137 Å². The topological polar surface area (TPSA) is 64.3 Å². The van der Waals surface area contributed by atoms with E-state index in [0.717, 1.165) is 31.2 Å². The number of likely N-dealkylation sites (tertiary alicyclic amines) is 1. The molecule has 1 N–H and O–H groups in total. The molecule has 1 aromatic carbocycles. The summed E-state index contributed by atoms with van der Waals surface area (Å²) in [5.41, 5.74) is 0.173. The summed E-state index contributed by atoms with van der Waals surface area (Å²) >= 11 is 0. The Hall–Kier alpha value is -1.86. The lowest BCUT2D eigenvalue weighted by Crippen LogP contribution is -2.46. The van der Waals surface area contributed by atoms with Gasteiger partial charge in [0, 0.05) is 13.1 Å². The number of aliphatic hydroxyl groups excluding tert-OH is 1. The minimum absolute atomic E-state index is 0.0187. The van der Waals surface area contributed by atoms with E-state index in [4.69, 9.17) is 0 Å². The highest BCUT2D eigenvalue weighted by atomic mass is 16.3. The number of rotatable bonds is 3. The first-order valence-electron chi connectivity index (χ1n) is 8.60. The number of piperidine rings is 1. The predicted molar refractivity (Wildman–Crippen MR) is 87.2 cm³/mol. The lowest BCUT2D eigenvalue weighted by molar-refractivity contribution is -0.140. The minimum Gasteiger partial charge on any atom is -0.388 e. The third-order valence-electron chi connectivity index (χ3n) is 5.49. The van der Waals surface area contributed by atoms with Crippen LogP contribution in [0.1, 0.15) is 50.2 Å². The van der Waals surface area contributed by atoms with E-state index in [9.17, 15) is 15.2 Å². The van der Waals surface area contributed by atoms with Gasteiger partial charge in [-0.25, -0.2) is 0 Å². The molecule has 0 aromatic heterocycles. The van der Waals surface area contributed by atoms with E-state index in [0.29, 0.717) is 25.9 Å². The number of nitriles is 1. The van der Waals surface area contributed by atoms with Gasteiger partial charge < -0.3 is 10.0 Å². The fourth-order valence-electron chi connectivity index (χ4n) is 4.00. The first kappa shape index (κ1) is 16.0. The van der Waals surface area contributed by atoms with Gasteiger partial charge in [0.2, 0.25) is 5.91 Å². The molecule has 122 valence electrons. The normalized spacial score (nSPS) is 22.5. The summed E-state index contributed by atoms with van der Waals surface area (Å²) < 4.78 is 0. The molecule has 1 saturated carbocycles. The molecule has 2 fully saturated rings. The number of hydrogen-bond acceptors (Lipinski definition) is 3. The molecular formula is C19H24N2O2. The number of amides is 1. The Morgan fingerprint density at radius 3 is 2.39 bits per heavy atom. The van der Waals surface area contributed by atoms with E-state index in [1.54, 1.807) is 0 Å². The molecule has 1 unspecified atom stereocenters. The Balaban J connectivity index is 1.60. The lowest BCUT2D eigenvalue weighted by Gasteiger charge is -2.37. The van der Waals surface area contributed by atoms with Gasteiger partial charge in [-0.1, -0.05) is 43.2 Å². The molecule has 0 radical (unpaired) electrons. The first-order valence-corrected chi connectivity index (χ1v) is 8.60. The maximum Gasteiger partial charge on any atom is 0.243 e. The second-order valence-electron chi connectivity index (χ2n) is 6.89. The summed E-state index contributed by atoms with van der Waals surface area (Å²) in [6.45, 7) is 1.30. The summed E-state index contributed by atoms with van der Waals surface area (Å²) in [5, 5.41) is 20.0. The zero-order valence-corrected chi connectivity index (χ0v) is 13.4. The molecule has 1 aliphatic carbocycles. The van der Waals surface area contributed by atoms with Gasteiger partial charge in [0.15, 0.2) is 0 Å². The monoisotopic (exact) mass is 312 g/mol. The van der Waals surface area contributed by atoms with Gasteiger partial charge in [-0.05, 0) is 37.2 Å². The molecule has 1 amide bonds. The number of carbonyl (C=O) groups is 1. The SMILES string of the molecule is N#CC1(C(=O)N2CCC(C(O)c3ccccc3)CC2)CCCC1. The molecule has 4 nitrogen and oxygen atoms in total. The smallest absolute Gasteiger partial charge is 0.243 e. The van der Waals surface area contributed by atoms with Crippen molar-refractivity contribution >= 4 is 5.91 Å². The van der Waals surface area contributed by atoms with Crippen LogP contribution < -0.4 is 0 Å². The molecule has 1 saturated heterocycles. The van der Waals surface area contributed by atoms with Crippen LogP contribution in [-0.2, 0) is 4.79 Å². The molecule has 2 aliphatic rings. The Morgan fingerprint density at radius 2 is 1.83 bits per heavy atom. The van der Waals surface area contributed by atoms with Gasteiger partial charge in [0.05, 0.1) is 12.2 Å². The van der Waals surface area contributed by atoms with E-state index in [-0.39, 0.29) is 11.8 Å². The molecule has 1 aliphatic heterocycles. The van der Waals surface area contributed by atoms with Crippen LogP contribution in [0, 0.1) is 22.7 Å². The van der Waals surface area contributed by atoms with Gasteiger partial charge in [0.25, 0.3) is 0 Å². The van der Waals surface area contributed by atoms with Crippen LogP contribution in [-0.4, -0.2) is 29.0 Å². The minimum atomic E-state index is -0.773.